The van der Waals surface area contributed by atoms with E-state index in [9.17, 15) is 4.39 Å². The Morgan fingerprint density at radius 3 is 2.52 bits per heavy atom. The Balaban J connectivity index is 2.27. The fourth-order valence-electron chi connectivity index (χ4n) is 3.24. The first kappa shape index (κ1) is 16.9. The van der Waals surface area contributed by atoms with E-state index in [1.807, 2.05) is 6.07 Å². The zero-order chi connectivity index (χ0) is 15.7. The first-order chi connectivity index (χ1) is 9.82. The van der Waals surface area contributed by atoms with Gasteiger partial charge in [0.15, 0.2) is 0 Å². The molecule has 0 radical (unpaired) electrons. The average Bonchev–Trinajstić information content (AvgIpc) is 2.42. The first-order valence-corrected chi connectivity index (χ1v) is 8.55. The van der Waals surface area contributed by atoms with Crippen molar-refractivity contribution >= 4 is 15.9 Å². The molecule has 1 fully saturated rings. The molecule has 0 unspecified atom stereocenters. The maximum atomic E-state index is 13.3. The molecule has 1 aliphatic rings. The van der Waals surface area contributed by atoms with Crippen LogP contribution in [0.25, 0.3) is 0 Å². The second-order valence-electron chi connectivity index (χ2n) is 6.76. The fraction of sp³-hybridized carbons (Fsp3) is 0.647. The molecule has 0 amide bonds. The summed E-state index contributed by atoms with van der Waals surface area (Å²) in [6.07, 6.45) is 2.23. The highest BCUT2D eigenvalue weighted by atomic mass is 79.9. The number of halogens is 2. The van der Waals surface area contributed by atoms with E-state index in [1.165, 1.54) is 0 Å². The highest BCUT2D eigenvalue weighted by molar-refractivity contribution is 9.10. The van der Waals surface area contributed by atoms with Crippen LogP contribution < -0.4 is 5.32 Å². The molecule has 4 heteroatoms. The number of hydrogen-bond donors (Lipinski definition) is 1. The smallest absolute Gasteiger partial charge is 0.124 e. The predicted octanol–water partition coefficient (Wildman–Crippen LogP) is 4.33. The van der Waals surface area contributed by atoms with E-state index in [4.69, 9.17) is 0 Å². The van der Waals surface area contributed by atoms with Crippen molar-refractivity contribution < 1.29 is 4.39 Å². The lowest BCUT2D eigenvalue weighted by Gasteiger charge is -2.52. The second kappa shape index (κ2) is 6.35. The third-order valence-electron chi connectivity index (χ3n) is 4.85. The summed E-state index contributed by atoms with van der Waals surface area (Å²) in [5.41, 5.74) is 1.45. The third-order valence-corrected chi connectivity index (χ3v) is 5.58. The minimum atomic E-state index is -0.191. The van der Waals surface area contributed by atoms with E-state index in [2.05, 4.69) is 53.8 Å². The topological polar surface area (TPSA) is 15.3 Å². The van der Waals surface area contributed by atoms with Crippen molar-refractivity contribution in [1.29, 1.82) is 0 Å². The van der Waals surface area contributed by atoms with Gasteiger partial charge in [0.2, 0.25) is 0 Å². The lowest BCUT2D eigenvalue weighted by atomic mass is 9.84. The van der Waals surface area contributed by atoms with Gasteiger partial charge < -0.3 is 5.32 Å². The van der Waals surface area contributed by atoms with Crippen molar-refractivity contribution in [3.8, 4) is 0 Å². The maximum absolute atomic E-state index is 13.3. The van der Waals surface area contributed by atoms with Crippen molar-refractivity contribution in [2.75, 3.05) is 13.1 Å². The van der Waals surface area contributed by atoms with Crippen LogP contribution >= 0.6 is 15.9 Å². The Morgan fingerprint density at radius 2 is 1.95 bits per heavy atom. The van der Waals surface area contributed by atoms with Gasteiger partial charge in [0, 0.05) is 35.2 Å². The first-order valence-electron chi connectivity index (χ1n) is 7.76. The van der Waals surface area contributed by atoms with E-state index in [-0.39, 0.29) is 16.9 Å². The third kappa shape index (κ3) is 3.66. The molecule has 0 spiro atoms. The SMILES string of the molecule is CCC1(CC)CNC(C)(C)CN1Cc1ccc(F)cc1Br. The van der Waals surface area contributed by atoms with Crippen LogP contribution in [0.1, 0.15) is 46.1 Å². The lowest BCUT2D eigenvalue weighted by molar-refractivity contribution is 0.00218. The van der Waals surface area contributed by atoms with Crippen LogP contribution in [0.3, 0.4) is 0 Å². The number of benzene rings is 1. The van der Waals surface area contributed by atoms with Gasteiger partial charge in [-0.05, 0) is 44.4 Å². The van der Waals surface area contributed by atoms with Gasteiger partial charge in [-0.15, -0.1) is 0 Å². The molecule has 1 aliphatic heterocycles. The minimum Gasteiger partial charge on any atom is -0.309 e. The predicted molar refractivity (Wildman–Crippen MR) is 89.9 cm³/mol. The summed E-state index contributed by atoms with van der Waals surface area (Å²) in [6.45, 7) is 11.9. The van der Waals surface area contributed by atoms with Gasteiger partial charge in [-0.1, -0.05) is 35.8 Å². The molecule has 0 atom stereocenters. The summed E-state index contributed by atoms with van der Waals surface area (Å²) in [6, 6.07) is 5.00. The van der Waals surface area contributed by atoms with Gasteiger partial charge in [0.05, 0.1) is 0 Å². The Morgan fingerprint density at radius 1 is 1.29 bits per heavy atom. The van der Waals surface area contributed by atoms with Gasteiger partial charge >= 0.3 is 0 Å². The Labute approximate surface area is 136 Å². The van der Waals surface area contributed by atoms with Crippen LogP contribution in [0.15, 0.2) is 22.7 Å². The molecule has 118 valence electrons. The Hall–Kier alpha value is -0.450. The van der Waals surface area contributed by atoms with Gasteiger partial charge in [-0.25, -0.2) is 4.39 Å². The zero-order valence-electron chi connectivity index (χ0n) is 13.5. The molecule has 1 N–H and O–H groups in total. The standard InChI is InChI=1S/C17H26BrFN2/c1-5-17(6-2)11-20-16(3,4)12-21(17)10-13-7-8-14(19)9-15(13)18/h7-9,20H,5-6,10-12H2,1-4H3. The lowest BCUT2D eigenvalue weighted by Crippen LogP contribution is -2.67. The van der Waals surface area contributed by atoms with E-state index in [0.29, 0.717) is 0 Å². The normalized spacial score (nSPS) is 21.4. The van der Waals surface area contributed by atoms with Crippen molar-refractivity contribution in [3.63, 3.8) is 0 Å². The average molecular weight is 357 g/mol. The summed E-state index contributed by atoms with van der Waals surface area (Å²) >= 11 is 3.50. The highest BCUT2D eigenvalue weighted by Crippen LogP contribution is 2.32. The highest BCUT2D eigenvalue weighted by Gasteiger charge is 2.41. The van der Waals surface area contributed by atoms with Crippen LogP contribution in [0.2, 0.25) is 0 Å². The van der Waals surface area contributed by atoms with E-state index >= 15 is 0 Å². The maximum Gasteiger partial charge on any atom is 0.124 e. The molecule has 21 heavy (non-hydrogen) atoms. The molecule has 1 heterocycles. The number of nitrogens with one attached hydrogen (secondary N) is 1. The van der Waals surface area contributed by atoms with Gasteiger partial charge in [0.1, 0.15) is 5.82 Å². The second-order valence-corrected chi connectivity index (χ2v) is 7.62. The summed E-state index contributed by atoms with van der Waals surface area (Å²) < 4.78 is 14.1. The molecule has 1 saturated heterocycles. The summed E-state index contributed by atoms with van der Waals surface area (Å²) in [7, 11) is 0. The van der Waals surface area contributed by atoms with Crippen LogP contribution in [0.4, 0.5) is 4.39 Å². The van der Waals surface area contributed by atoms with Crippen LogP contribution in [-0.4, -0.2) is 29.1 Å². The molecular formula is C17H26BrFN2. The molecule has 1 aromatic carbocycles. The molecular weight excluding hydrogens is 331 g/mol. The number of nitrogens with zero attached hydrogens (tertiary/aromatic N) is 1. The quantitative estimate of drug-likeness (QED) is 0.863. The summed E-state index contributed by atoms with van der Waals surface area (Å²) in [4.78, 5) is 2.57. The van der Waals surface area contributed by atoms with E-state index in [1.54, 1.807) is 12.1 Å². The molecule has 2 rings (SSSR count). The van der Waals surface area contributed by atoms with Gasteiger partial charge in [0.25, 0.3) is 0 Å². The molecule has 2 nitrogen and oxygen atoms in total. The number of piperazine rings is 1. The molecule has 0 saturated carbocycles. The van der Waals surface area contributed by atoms with Crippen molar-refractivity contribution in [2.45, 2.75) is 58.2 Å². The van der Waals surface area contributed by atoms with Crippen molar-refractivity contribution in [2.24, 2.45) is 0 Å². The van der Waals surface area contributed by atoms with E-state index < -0.39 is 0 Å². The van der Waals surface area contributed by atoms with Crippen molar-refractivity contribution in [1.82, 2.24) is 10.2 Å². The van der Waals surface area contributed by atoms with Crippen LogP contribution in [0, 0.1) is 5.82 Å². The van der Waals surface area contributed by atoms with Gasteiger partial charge in [-0.2, -0.15) is 0 Å². The monoisotopic (exact) mass is 356 g/mol. The van der Waals surface area contributed by atoms with Crippen LogP contribution in [0.5, 0.6) is 0 Å². The summed E-state index contributed by atoms with van der Waals surface area (Å²) in [5, 5.41) is 3.68. The Kier molecular flexibility index (Phi) is 5.11. The molecule has 0 bridgehead atoms. The largest absolute Gasteiger partial charge is 0.309 e. The minimum absolute atomic E-state index is 0.111. The number of hydrogen-bond acceptors (Lipinski definition) is 2. The summed E-state index contributed by atoms with van der Waals surface area (Å²) in [5.74, 6) is -0.191. The van der Waals surface area contributed by atoms with Gasteiger partial charge in [-0.3, -0.25) is 4.90 Å². The Bertz CT molecular complexity index is 498. The van der Waals surface area contributed by atoms with Crippen molar-refractivity contribution in [3.05, 3.63) is 34.1 Å². The molecule has 1 aromatic rings. The molecule has 0 aliphatic carbocycles. The fourth-order valence-corrected chi connectivity index (χ4v) is 3.72. The molecule has 0 aromatic heterocycles. The van der Waals surface area contributed by atoms with E-state index in [0.717, 1.165) is 42.5 Å². The number of rotatable bonds is 4. The zero-order valence-corrected chi connectivity index (χ0v) is 15.1. The van der Waals surface area contributed by atoms with Crippen LogP contribution in [-0.2, 0) is 6.54 Å².